The monoisotopic (exact) mass is 286 g/mol. The van der Waals surface area contributed by atoms with Gasteiger partial charge in [0, 0.05) is 31.9 Å². The molecule has 0 unspecified atom stereocenters. The van der Waals surface area contributed by atoms with Gasteiger partial charge in [-0.2, -0.15) is 0 Å². The number of ether oxygens (including phenoxy) is 1. The first-order valence-electron chi connectivity index (χ1n) is 6.71. The first-order chi connectivity index (χ1) is 10.2. The number of carbonyl (C=O) groups excluding carboxylic acids is 1. The van der Waals surface area contributed by atoms with Gasteiger partial charge in [-0.1, -0.05) is 18.2 Å². The van der Waals surface area contributed by atoms with E-state index < -0.39 is 0 Å². The lowest BCUT2D eigenvalue weighted by Crippen LogP contribution is -2.33. The average Bonchev–Trinajstić information content (AvgIpc) is 2.52. The molecule has 0 radical (unpaired) electrons. The maximum Gasteiger partial charge on any atom is 0.260 e. The Morgan fingerprint density at radius 1 is 1.24 bits per heavy atom. The minimum absolute atomic E-state index is 0.0291. The van der Waals surface area contributed by atoms with Crippen LogP contribution in [0.2, 0.25) is 0 Å². The average molecular weight is 286 g/mol. The summed E-state index contributed by atoms with van der Waals surface area (Å²) in [4.78, 5) is 17.8. The largest absolute Gasteiger partial charge is 0.504 e. The summed E-state index contributed by atoms with van der Waals surface area (Å²) in [5.74, 6) is 0.194. The number of para-hydroxylation sites is 2. The van der Waals surface area contributed by atoms with E-state index in [2.05, 4.69) is 4.98 Å². The number of benzene rings is 1. The summed E-state index contributed by atoms with van der Waals surface area (Å²) < 4.78 is 5.31. The van der Waals surface area contributed by atoms with Crippen LogP contribution in [0.25, 0.3) is 0 Å². The van der Waals surface area contributed by atoms with Gasteiger partial charge < -0.3 is 14.7 Å². The van der Waals surface area contributed by atoms with Crippen molar-refractivity contribution in [3.63, 3.8) is 0 Å². The Labute approximate surface area is 123 Å². The number of amides is 1. The van der Waals surface area contributed by atoms with Crippen molar-refractivity contribution < 1.29 is 14.6 Å². The zero-order valence-corrected chi connectivity index (χ0v) is 11.9. The van der Waals surface area contributed by atoms with Crippen LogP contribution in [-0.2, 0) is 11.2 Å². The molecule has 1 aromatic heterocycles. The number of carbonyl (C=O) groups is 1. The van der Waals surface area contributed by atoms with Crippen molar-refractivity contribution in [3.05, 3.63) is 54.4 Å². The smallest absolute Gasteiger partial charge is 0.260 e. The predicted molar refractivity (Wildman–Crippen MR) is 79.2 cm³/mol. The molecule has 0 saturated carbocycles. The second-order valence-electron chi connectivity index (χ2n) is 4.64. The minimum Gasteiger partial charge on any atom is -0.504 e. The van der Waals surface area contributed by atoms with E-state index in [0.29, 0.717) is 18.7 Å². The van der Waals surface area contributed by atoms with Crippen LogP contribution in [0, 0.1) is 0 Å². The summed E-state index contributed by atoms with van der Waals surface area (Å²) >= 11 is 0. The second kappa shape index (κ2) is 7.28. The molecule has 1 heterocycles. The van der Waals surface area contributed by atoms with E-state index in [4.69, 9.17) is 4.74 Å². The van der Waals surface area contributed by atoms with Gasteiger partial charge >= 0.3 is 0 Å². The number of rotatable bonds is 6. The maximum atomic E-state index is 11.9. The highest BCUT2D eigenvalue weighted by Gasteiger charge is 2.11. The van der Waals surface area contributed by atoms with Crippen LogP contribution >= 0.6 is 0 Å². The van der Waals surface area contributed by atoms with Crippen LogP contribution in [0.4, 0.5) is 0 Å². The summed E-state index contributed by atoms with van der Waals surface area (Å²) in [5.41, 5.74) is 0.943. The minimum atomic E-state index is -0.144. The number of aromatic hydroxyl groups is 1. The molecular formula is C16H18N2O3. The number of pyridine rings is 1. The summed E-state index contributed by atoms with van der Waals surface area (Å²) in [7, 11) is 1.72. The fourth-order valence-electron chi connectivity index (χ4n) is 1.78. The third-order valence-electron chi connectivity index (χ3n) is 3.07. The Morgan fingerprint density at radius 2 is 2.00 bits per heavy atom. The van der Waals surface area contributed by atoms with Crippen LogP contribution in [0.3, 0.4) is 0 Å². The number of likely N-dealkylation sites (N-methyl/N-ethyl adjacent to an activating group) is 1. The number of aromatic nitrogens is 1. The highest BCUT2D eigenvalue weighted by Crippen LogP contribution is 2.24. The molecule has 0 atom stereocenters. The lowest BCUT2D eigenvalue weighted by Gasteiger charge is -2.17. The number of hydrogen-bond donors (Lipinski definition) is 1. The molecule has 1 aromatic carbocycles. The van der Waals surface area contributed by atoms with E-state index in [0.717, 1.165) is 5.69 Å². The molecule has 0 spiro atoms. The van der Waals surface area contributed by atoms with Crippen molar-refractivity contribution in [2.75, 3.05) is 20.2 Å². The van der Waals surface area contributed by atoms with E-state index in [1.807, 2.05) is 18.2 Å². The molecule has 110 valence electrons. The normalized spacial score (nSPS) is 10.1. The number of phenols is 1. The van der Waals surface area contributed by atoms with Crippen LogP contribution in [0.15, 0.2) is 48.7 Å². The molecule has 21 heavy (non-hydrogen) atoms. The SMILES string of the molecule is CN(CCc1ccccn1)C(=O)COc1ccccc1O. The molecule has 0 bridgehead atoms. The fourth-order valence-corrected chi connectivity index (χ4v) is 1.78. The van der Waals surface area contributed by atoms with Crippen LogP contribution in [0.5, 0.6) is 11.5 Å². The van der Waals surface area contributed by atoms with E-state index in [9.17, 15) is 9.90 Å². The summed E-state index contributed by atoms with van der Waals surface area (Å²) in [6.45, 7) is 0.469. The van der Waals surface area contributed by atoms with Gasteiger partial charge in [0.2, 0.25) is 0 Å². The van der Waals surface area contributed by atoms with E-state index in [-0.39, 0.29) is 18.3 Å². The molecule has 0 aliphatic heterocycles. The van der Waals surface area contributed by atoms with Crippen molar-refractivity contribution in [3.8, 4) is 11.5 Å². The Hall–Kier alpha value is -2.56. The third kappa shape index (κ3) is 4.49. The van der Waals surface area contributed by atoms with Crippen molar-refractivity contribution >= 4 is 5.91 Å². The van der Waals surface area contributed by atoms with Crippen molar-refractivity contribution in [1.29, 1.82) is 0 Å². The van der Waals surface area contributed by atoms with E-state index in [1.165, 1.54) is 6.07 Å². The molecule has 1 N–H and O–H groups in total. The Balaban J connectivity index is 1.79. The van der Waals surface area contributed by atoms with Gasteiger partial charge in [0.1, 0.15) is 0 Å². The van der Waals surface area contributed by atoms with Gasteiger partial charge in [0.25, 0.3) is 5.91 Å². The zero-order valence-electron chi connectivity index (χ0n) is 11.9. The van der Waals surface area contributed by atoms with E-state index >= 15 is 0 Å². The first-order valence-corrected chi connectivity index (χ1v) is 6.71. The van der Waals surface area contributed by atoms with Gasteiger partial charge in [-0.05, 0) is 24.3 Å². The van der Waals surface area contributed by atoms with Gasteiger partial charge in [0.05, 0.1) is 0 Å². The summed E-state index contributed by atoms with van der Waals surface area (Å²) in [6.07, 6.45) is 2.43. The summed E-state index contributed by atoms with van der Waals surface area (Å²) in [6, 6.07) is 12.3. The maximum absolute atomic E-state index is 11.9. The number of phenolic OH excluding ortho intramolecular Hbond substituents is 1. The quantitative estimate of drug-likeness (QED) is 0.880. The van der Waals surface area contributed by atoms with Crippen molar-refractivity contribution in [2.24, 2.45) is 0 Å². The topological polar surface area (TPSA) is 62.7 Å². The molecule has 0 aliphatic carbocycles. The number of nitrogens with zero attached hydrogens (tertiary/aromatic N) is 2. The lowest BCUT2D eigenvalue weighted by atomic mass is 10.2. The molecule has 1 amide bonds. The highest BCUT2D eigenvalue weighted by molar-refractivity contribution is 5.77. The molecule has 0 aliphatic rings. The van der Waals surface area contributed by atoms with Gasteiger partial charge in [-0.3, -0.25) is 9.78 Å². The Morgan fingerprint density at radius 3 is 2.71 bits per heavy atom. The Kier molecular flexibility index (Phi) is 5.15. The van der Waals surface area contributed by atoms with Crippen LogP contribution < -0.4 is 4.74 Å². The standard InChI is InChI=1S/C16H18N2O3/c1-18(11-9-13-6-4-5-10-17-13)16(20)12-21-15-8-3-2-7-14(15)19/h2-8,10,19H,9,11-12H2,1H3. The van der Waals surface area contributed by atoms with Gasteiger partial charge in [0.15, 0.2) is 18.1 Å². The van der Waals surface area contributed by atoms with E-state index in [1.54, 1.807) is 36.3 Å². The molecule has 5 nitrogen and oxygen atoms in total. The van der Waals surface area contributed by atoms with Gasteiger partial charge in [-0.25, -0.2) is 0 Å². The van der Waals surface area contributed by atoms with Crippen LogP contribution in [-0.4, -0.2) is 41.1 Å². The summed E-state index contributed by atoms with van der Waals surface area (Å²) in [5, 5.41) is 9.56. The second-order valence-corrected chi connectivity index (χ2v) is 4.64. The molecular weight excluding hydrogens is 268 g/mol. The van der Waals surface area contributed by atoms with Crippen molar-refractivity contribution in [2.45, 2.75) is 6.42 Å². The molecule has 0 fully saturated rings. The van der Waals surface area contributed by atoms with Gasteiger partial charge in [-0.15, -0.1) is 0 Å². The fraction of sp³-hybridized carbons (Fsp3) is 0.250. The predicted octanol–water partition coefficient (Wildman–Crippen LogP) is 1.87. The molecule has 0 saturated heterocycles. The third-order valence-corrected chi connectivity index (χ3v) is 3.07. The van der Waals surface area contributed by atoms with Crippen molar-refractivity contribution in [1.82, 2.24) is 9.88 Å². The van der Waals surface area contributed by atoms with Crippen LogP contribution in [0.1, 0.15) is 5.69 Å². The molecule has 2 rings (SSSR count). The Bertz CT molecular complexity index is 587. The molecule has 2 aromatic rings. The molecule has 5 heteroatoms. The lowest BCUT2D eigenvalue weighted by molar-refractivity contribution is -0.132. The first kappa shape index (κ1) is 14.8. The highest BCUT2D eigenvalue weighted by atomic mass is 16.5. The zero-order chi connectivity index (χ0) is 15.1. The number of hydrogen-bond acceptors (Lipinski definition) is 4.